The van der Waals surface area contributed by atoms with Crippen molar-refractivity contribution >= 4 is 11.8 Å². The first-order chi connectivity index (χ1) is 16.2. The Kier molecular flexibility index (Phi) is 11.7. The number of nitrogens with zero attached hydrogens (tertiary/aromatic N) is 2. The highest BCUT2D eigenvalue weighted by Gasteiger charge is 2.29. The molecule has 0 unspecified atom stereocenters. The van der Waals surface area contributed by atoms with Crippen molar-refractivity contribution in [3.05, 3.63) is 29.8 Å². The van der Waals surface area contributed by atoms with Crippen LogP contribution in [0.15, 0.2) is 24.3 Å². The van der Waals surface area contributed by atoms with Crippen molar-refractivity contribution in [2.75, 3.05) is 46.5 Å². The van der Waals surface area contributed by atoms with Crippen molar-refractivity contribution in [1.82, 2.24) is 9.80 Å². The Hall–Kier alpha value is -2.24. The molecule has 5 N–H and O–H groups in total. The summed E-state index contributed by atoms with van der Waals surface area (Å²) in [7, 11) is 1.42. The average molecular weight is 482 g/mol. The van der Waals surface area contributed by atoms with E-state index in [0.29, 0.717) is 51.9 Å². The molecule has 4 atom stereocenters. The highest BCUT2D eigenvalue weighted by atomic mass is 16.5. The SMILES string of the molecule is CO[C@H]1CN(C(C)=O)CCCN(C(=O)[C@@H](N)Cc2ccc(O)cc2)CCCCOC[C@H](O)[C@@H]1O. The molecular formula is C24H39N3O7. The molecule has 192 valence electrons. The molecule has 34 heavy (non-hydrogen) atoms. The van der Waals surface area contributed by atoms with E-state index in [1.807, 2.05) is 0 Å². The number of phenols is 1. The molecule has 10 heteroatoms. The first-order valence-electron chi connectivity index (χ1n) is 11.8. The van der Waals surface area contributed by atoms with Gasteiger partial charge < -0.3 is 40.3 Å². The summed E-state index contributed by atoms with van der Waals surface area (Å²) in [6.45, 7) is 3.16. The second-order valence-electron chi connectivity index (χ2n) is 8.74. The molecule has 1 aliphatic rings. The van der Waals surface area contributed by atoms with Crippen LogP contribution >= 0.6 is 0 Å². The number of benzene rings is 1. The van der Waals surface area contributed by atoms with Gasteiger partial charge in [0.1, 0.15) is 24.1 Å². The first-order valence-corrected chi connectivity index (χ1v) is 11.8. The number of aromatic hydroxyl groups is 1. The lowest BCUT2D eigenvalue weighted by Gasteiger charge is -2.31. The minimum Gasteiger partial charge on any atom is -0.508 e. The number of aliphatic hydroxyl groups excluding tert-OH is 2. The number of ether oxygens (including phenoxy) is 2. The number of rotatable bonds is 4. The smallest absolute Gasteiger partial charge is 0.239 e. The van der Waals surface area contributed by atoms with Gasteiger partial charge in [-0.05, 0) is 43.4 Å². The van der Waals surface area contributed by atoms with Crippen LogP contribution < -0.4 is 5.73 Å². The number of aliphatic hydroxyl groups is 2. The van der Waals surface area contributed by atoms with Gasteiger partial charge >= 0.3 is 0 Å². The Labute approximate surface area is 201 Å². The topological polar surface area (TPSA) is 146 Å². The van der Waals surface area contributed by atoms with Crippen molar-refractivity contribution in [1.29, 1.82) is 0 Å². The summed E-state index contributed by atoms with van der Waals surface area (Å²) in [4.78, 5) is 28.6. The summed E-state index contributed by atoms with van der Waals surface area (Å²) in [6.07, 6.45) is -0.871. The van der Waals surface area contributed by atoms with Crippen LogP contribution in [0.1, 0.15) is 31.7 Å². The quantitative estimate of drug-likeness (QED) is 0.466. The van der Waals surface area contributed by atoms with Crippen LogP contribution in [-0.4, -0.2) is 108 Å². The average Bonchev–Trinajstić information content (AvgIpc) is 2.82. The van der Waals surface area contributed by atoms with E-state index in [1.165, 1.54) is 14.0 Å². The number of hydrogen-bond acceptors (Lipinski definition) is 8. The van der Waals surface area contributed by atoms with Crippen LogP contribution in [0.25, 0.3) is 0 Å². The first kappa shape index (κ1) is 28.0. The lowest BCUT2D eigenvalue weighted by atomic mass is 10.0. The zero-order valence-electron chi connectivity index (χ0n) is 20.1. The minimum atomic E-state index is -1.20. The number of methoxy groups -OCH3 is 1. The zero-order valence-corrected chi connectivity index (χ0v) is 20.1. The monoisotopic (exact) mass is 481 g/mol. The van der Waals surface area contributed by atoms with Crippen molar-refractivity contribution in [2.45, 2.75) is 57.0 Å². The lowest BCUT2D eigenvalue weighted by molar-refractivity contribution is -0.136. The summed E-state index contributed by atoms with van der Waals surface area (Å²) < 4.78 is 10.8. The van der Waals surface area contributed by atoms with Crippen LogP contribution in [0.3, 0.4) is 0 Å². The number of carbonyl (C=O) groups excluding carboxylic acids is 2. The molecular weight excluding hydrogens is 442 g/mol. The zero-order chi connectivity index (χ0) is 25.1. The molecule has 2 amide bonds. The second kappa shape index (κ2) is 14.2. The molecule has 1 aliphatic heterocycles. The molecule has 1 heterocycles. The third kappa shape index (κ3) is 8.84. The van der Waals surface area contributed by atoms with Crippen LogP contribution in [0.4, 0.5) is 0 Å². The molecule has 0 saturated carbocycles. The normalized spacial score (nSPS) is 24.7. The molecule has 0 radical (unpaired) electrons. The molecule has 0 aromatic heterocycles. The minimum absolute atomic E-state index is 0.0543. The molecule has 0 aliphatic carbocycles. The van der Waals surface area contributed by atoms with Crippen LogP contribution in [0.2, 0.25) is 0 Å². The highest BCUT2D eigenvalue weighted by Crippen LogP contribution is 2.13. The fraction of sp³-hybridized carbons (Fsp3) is 0.667. The summed E-state index contributed by atoms with van der Waals surface area (Å²) in [6, 6.07) is 5.88. The lowest BCUT2D eigenvalue weighted by Crippen LogP contribution is -2.49. The molecule has 2 rings (SSSR count). The van der Waals surface area contributed by atoms with E-state index in [0.717, 1.165) is 5.56 Å². The van der Waals surface area contributed by atoms with Crippen LogP contribution in [0.5, 0.6) is 5.75 Å². The largest absolute Gasteiger partial charge is 0.508 e. The molecule has 10 nitrogen and oxygen atoms in total. The number of nitrogens with two attached hydrogens (primary N) is 1. The molecule has 0 spiro atoms. The fourth-order valence-electron chi connectivity index (χ4n) is 3.97. The third-order valence-corrected chi connectivity index (χ3v) is 6.06. The Morgan fingerprint density at radius 1 is 1.12 bits per heavy atom. The predicted octanol–water partition coefficient (Wildman–Crippen LogP) is -0.124. The standard InChI is InChI=1S/C24H39N3O7/c1-17(28)27-12-5-11-26(24(32)20(25)14-18-6-8-19(29)9-7-18)10-3-4-13-34-16-21(30)23(31)22(15-27)33-2/h6-9,20-23,29-31H,3-5,10-16,25H2,1-2H3/t20-,21-,22-,23-/m0/s1. The van der Waals surface area contributed by atoms with E-state index in [1.54, 1.807) is 34.1 Å². The van der Waals surface area contributed by atoms with Crippen LogP contribution in [0, 0.1) is 0 Å². The van der Waals surface area contributed by atoms with Gasteiger partial charge in [0.05, 0.1) is 12.6 Å². The Morgan fingerprint density at radius 3 is 2.41 bits per heavy atom. The Balaban J connectivity index is 2.07. The summed E-state index contributed by atoms with van der Waals surface area (Å²) in [5.74, 6) is -0.207. The molecule has 0 bridgehead atoms. The number of hydrogen-bond donors (Lipinski definition) is 4. The van der Waals surface area contributed by atoms with E-state index in [2.05, 4.69) is 0 Å². The number of amides is 2. The van der Waals surface area contributed by atoms with Gasteiger partial charge in [-0.3, -0.25) is 9.59 Å². The van der Waals surface area contributed by atoms with Gasteiger partial charge in [-0.25, -0.2) is 0 Å². The van der Waals surface area contributed by atoms with Crippen molar-refractivity contribution in [2.24, 2.45) is 5.73 Å². The maximum Gasteiger partial charge on any atom is 0.239 e. The number of carbonyl (C=O) groups is 2. The van der Waals surface area contributed by atoms with Gasteiger partial charge in [0.25, 0.3) is 0 Å². The molecule has 1 aromatic carbocycles. The summed E-state index contributed by atoms with van der Waals surface area (Å²) in [5, 5.41) is 30.1. The van der Waals surface area contributed by atoms with Gasteiger partial charge in [0.15, 0.2) is 0 Å². The van der Waals surface area contributed by atoms with E-state index in [4.69, 9.17) is 15.2 Å². The second-order valence-corrected chi connectivity index (χ2v) is 8.74. The molecule has 1 fully saturated rings. The Morgan fingerprint density at radius 2 is 1.76 bits per heavy atom. The highest BCUT2D eigenvalue weighted by molar-refractivity contribution is 5.82. The van der Waals surface area contributed by atoms with Gasteiger partial charge in [0, 0.05) is 46.8 Å². The van der Waals surface area contributed by atoms with Crippen molar-refractivity contribution in [3.63, 3.8) is 0 Å². The molecule has 1 aromatic rings. The van der Waals surface area contributed by atoms with Crippen LogP contribution in [-0.2, 0) is 25.5 Å². The predicted molar refractivity (Wildman–Crippen MR) is 126 cm³/mol. The van der Waals surface area contributed by atoms with E-state index in [9.17, 15) is 24.9 Å². The van der Waals surface area contributed by atoms with Crippen molar-refractivity contribution < 1.29 is 34.4 Å². The fourth-order valence-corrected chi connectivity index (χ4v) is 3.97. The maximum atomic E-state index is 13.1. The van der Waals surface area contributed by atoms with Gasteiger partial charge in [-0.2, -0.15) is 0 Å². The molecule has 1 saturated heterocycles. The maximum absolute atomic E-state index is 13.1. The summed E-state index contributed by atoms with van der Waals surface area (Å²) in [5.41, 5.74) is 7.08. The summed E-state index contributed by atoms with van der Waals surface area (Å²) >= 11 is 0. The van der Waals surface area contributed by atoms with Gasteiger partial charge in [-0.1, -0.05) is 12.1 Å². The van der Waals surface area contributed by atoms with Crippen molar-refractivity contribution in [3.8, 4) is 5.75 Å². The van der Waals surface area contributed by atoms with E-state index in [-0.39, 0.29) is 30.7 Å². The third-order valence-electron chi connectivity index (χ3n) is 6.06. The van der Waals surface area contributed by atoms with E-state index >= 15 is 0 Å². The Bertz CT molecular complexity index is 761. The van der Waals surface area contributed by atoms with Gasteiger partial charge in [0.2, 0.25) is 11.8 Å². The van der Waals surface area contributed by atoms with Gasteiger partial charge in [-0.15, -0.1) is 0 Å². The number of phenolic OH excluding ortho intramolecular Hbond substituents is 1. The van der Waals surface area contributed by atoms with E-state index < -0.39 is 24.4 Å².